The predicted molar refractivity (Wildman–Crippen MR) is 64.8 cm³/mol. The molecule has 1 aromatic carbocycles. The molecule has 0 aliphatic rings. The molecule has 0 atom stereocenters. The first-order chi connectivity index (χ1) is 7.92. The summed E-state index contributed by atoms with van der Waals surface area (Å²) in [4.78, 5) is 3.96. The maximum absolute atomic E-state index is 4.14. The van der Waals surface area contributed by atoms with Crippen molar-refractivity contribution in [1.82, 2.24) is 14.8 Å². The van der Waals surface area contributed by atoms with Crippen LogP contribution in [-0.4, -0.2) is 21.3 Å². The summed E-state index contributed by atoms with van der Waals surface area (Å²) in [5.41, 5.74) is 2.14. The van der Waals surface area contributed by atoms with E-state index in [1.807, 2.05) is 18.2 Å². The molecular formula is C12H16N4. The van der Waals surface area contributed by atoms with E-state index in [4.69, 9.17) is 0 Å². The van der Waals surface area contributed by atoms with Gasteiger partial charge >= 0.3 is 0 Å². The standard InChI is InChI=1S/C12H16N4/c1-2-3-8-14-11-6-4-5-7-12(11)16-10-13-9-15-16/h4-7,9-10,14H,2-3,8H2,1H3. The molecule has 4 heteroatoms. The van der Waals surface area contributed by atoms with Gasteiger partial charge in [-0.05, 0) is 18.6 Å². The minimum absolute atomic E-state index is 0.988. The highest BCUT2D eigenvalue weighted by Crippen LogP contribution is 2.18. The van der Waals surface area contributed by atoms with Gasteiger partial charge in [0, 0.05) is 6.54 Å². The molecule has 16 heavy (non-hydrogen) atoms. The van der Waals surface area contributed by atoms with Crippen LogP contribution in [-0.2, 0) is 0 Å². The van der Waals surface area contributed by atoms with Gasteiger partial charge in [0.15, 0.2) is 0 Å². The lowest BCUT2D eigenvalue weighted by Gasteiger charge is -2.10. The number of nitrogens with zero attached hydrogens (tertiary/aromatic N) is 3. The molecule has 84 valence electrons. The second-order valence-electron chi connectivity index (χ2n) is 3.64. The molecular weight excluding hydrogens is 200 g/mol. The van der Waals surface area contributed by atoms with Crippen LogP contribution in [0.2, 0.25) is 0 Å². The van der Waals surface area contributed by atoms with Crippen molar-refractivity contribution in [3.05, 3.63) is 36.9 Å². The van der Waals surface area contributed by atoms with Crippen molar-refractivity contribution in [1.29, 1.82) is 0 Å². The molecule has 2 aromatic rings. The maximum atomic E-state index is 4.14. The van der Waals surface area contributed by atoms with E-state index in [9.17, 15) is 0 Å². The van der Waals surface area contributed by atoms with Crippen LogP contribution in [0.15, 0.2) is 36.9 Å². The third kappa shape index (κ3) is 2.39. The lowest BCUT2D eigenvalue weighted by molar-refractivity contribution is 0.828. The molecule has 0 aliphatic carbocycles. The van der Waals surface area contributed by atoms with E-state index in [1.54, 1.807) is 17.3 Å². The number of para-hydroxylation sites is 2. The van der Waals surface area contributed by atoms with Crippen LogP contribution in [0, 0.1) is 0 Å². The van der Waals surface area contributed by atoms with Crippen molar-refractivity contribution < 1.29 is 0 Å². The van der Waals surface area contributed by atoms with E-state index >= 15 is 0 Å². The average Bonchev–Trinajstić information content (AvgIpc) is 2.83. The Kier molecular flexibility index (Phi) is 3.53. The molecule has 0 saturated carbocycles. The summed E-state index contributed by atoms with van der Waals surface area (Å²) in [6.07, 6.45) is 5.62. The fourth-order valence-electron chi connectivity index (χ4n) is 1.56. The Morgan fingerprint density at radius 1 is 1.31 bits per heavy atom. The maximum Gasteiger partial charge on any atom is 0.138 e. The summed E-state index contributed by atoms with van der Waals surface area (Å²) in [6.45, 7) is 3.17. The van der Waals surface area contributed by atoms with Crippen molar-refractivity contribution >= 4 is 5.69 Å². The van der Waals surface area contributed by atoms with Crippen LogP contribution in [0.3, 0.4) is 0 Å². The average molecular weight is 216 g/mol. The number of hydrogen-bond acceptors (Lipinski definition) is 3. The van der Waals surface area contributed by atoms with Crippen molar-refractivity contribution in [2.75, 3.05) is 11.9 Å². The molecule has 0 aliphatic heterocycles. The summed E-state index contributed by atoms with van der Waals surface area (Å²) in [5.74, 6) is 0. The molecule has 0 spiro atoms. The van der Waals surface area contributed by atoms with Crippen LogP contribution >= 0.6 is 0 Å². The minimum Gasteiger partial charge on any atom is -0.383 e. The van der Waals surface area contributed by atoms with Gasteiger partial charge in [0.1, 0.15) is 12.7 Å². The number of unbranched alkanes of at least 4 members (excludes halogenated alkanes) is 1. The van der Waals surface area contributed by atoms with Crippen molar-refractivity contribution in [3.8, 4) is 5.69 Å². The highest BCUT2D eigenvalue weighted by Gasteiger charge is 2.02. The van der Waals surface area contributed by atoms with E-state index in [0.717, 1.165) is 17.9 Å². The van der Waals surface area contributed by atoms with Gasteiger partial charge in [-0.25, -0.2) is 9.67 Å². The van der Waals surface area contributed by atoms with E-state index in [1.165, 1.54) is 12.8 Å². The van der Waals surface area contributed by atoms with Gasteiger partial charge in [-0.3, -0.25) is 0 Å². The molecule has 0 radical (unpaired) electrons. The zero-order chi connectivity index (χ0) is 11.2. The number of benzene rings is 1. The predicted octanol–water partition coefficient (Wildman–Crippen LogP) is 2.48. The molecule has 1 N–H and O–H groups in total. The van der Waals surface area contributed by atoms with Gasteiger partial charge < -0.3 is 5.32 Å². The van der Waals surface area contributed by atoms with Crippen LogP contribution < -0.4 is 5.32 Å². The third-order valence-corrected chi connectivity index (χ3v) is 2.42. The first kappa shape index (κ1) is 10.7. The van der Waals surface area contributed by atoms with Gasteiger partial charge in [-0.1, -0.05) is 25.5 Å². The van der Waals surface area contributed by atoms with Crippen LogP contribution in [0.5, 0.6) is 0 Å². The summed E-state index contributed by atoms with van der Waals surface area (Å²) >= 11 is 0. The second kappa shape index (κ2) is 5.30. The number of hydrogen-bond donors (Lipinski definition) is 1. The monoisotopic (exact) mass is 216 g/mol. The normalized spacial score (nSPS) is 10.3. The zero-order valence-electron chi connectivity index (χ0n) is 9.43. The van der Waals surface area contributed by atoms with Crippen LogP contribution in [0.4, 0.5) is 5.69 Å². The minimum atomic E-state index is 0.988. The molecule has 4 nitrogen and oxygen atoms in total. The second-order valence-corrected chi connectivity index (χ2v) is 3.64. The Morgan fingerprint density at radius 3 is 2.94 bits per heavy atom. The van der Waals surface area contributed by atoms with Gasteiger partial charge in [-0.2, -0.15) is 5.10 Å². The fourth-order valence-corrected chi connectivity index (χ4v) is 1.56. The summed E-state index contributed by atoms with van der Waals surface area (Å²) in [5, 5.41) is 7.55. The molecule has 1 heterocycles. The summed E-state index contributed by atoms with van der Waals surface area (Å²) < 4.78 is 1.77. The Hall–Kier alpha value is -1.84. The third-order valence-electron chi connectivity index (χ3n) is 2.42. The van der Waals surface area contributed by atoms with E-state index in [2.05, 4.69) is 28.4 Å². The lowest BCUT2D eigenvalue weighted by Crippen LogP contribution is -2.05. The highest BCUT2D eigenvalue weighted by molar-refractivity contribution is 5.60. The molecule has 0 unspecified atom stereocenters. The molecule has 0 saturated heterocycles. The van der Waals surface area contributed by atoms with E-state index in [0.29, 0.717) is 0 Å². The largest absolute Gasteiger partial charge is 0.383 e. The topological polar surface area (TPSA) is 42.7 Å². The SMILES string of the molecule is CCCCNc1ccccc1-n1cncn1. The van der Waals surface area contributed by atoms with Crippen molar-refractivity contribution in [2.24, 2.45) is 0 Å². The Balaban J connectivity index is 2.18. The molecule has 0 bridgehead atoms. The van der Waals surface area contributed by atoms with Gasteiger partial charge in [0.25, 0.3) is 0 Å². The number of nitrogens with one attached hydrogen (secondary N) is 1. The van der Waals surface area contributed by atoms with E-state index < -0.39 is 0 Å². The summed E-state index contributed by atoms with van der Waals surface area (Å²) in [7, 11) is 0. The van der Waals surface area contributed by atoms with Crippen LogP contribution in [0.1, 0.15) is 19.8 Å². The van der Waals surface area contributed by atoms with Gasteiger partial charge in [0.2, 0.25) is 0 Å². The quantitative estimate of drug-likeness (QED) is 0.781. The first-order valence-corrected chi connectivity index (χ1v) is 5.59. The molecule has 2 rings (SSSR count). The Labute approximate surface area is 95.3 Å². The van der Waals surface area contributed by atoms with E-state index in [-0.39, 0.29) is 0 Å². The number of rotatable bonds is 5. The van der Waals surface area contributed by atoms with Crippen molar-refractivity contribution in [2.45, 2.75) is 19.8 Å². The number of anilines is 1. The smallest absolute Gasteiger partial charge is 0.138 e. The summed E-state index contributed by atoms with van der Waals surface area (Å²) in [6, 6.07) is 8.12. The van der Waals surface area contributed by atoms with Crippen molar-refractivity contribution in [3.63, 3.8) is 0 Å². The first-order valence-electron chi connectivity index (χ1n) is 5.59. The molecule has 0 amide bonds. The van der Waals surface area contributed by atoms with Gasteiger partial charge in [0.05, 0.1) is 11.4 Å². The lowest BCUT2D eigenvalue weighted by atomic mass is 10.2. The highest BCUT2D eigenvalue weighted by atomic mass is 15.3. The molecule has 1 aromatic heterocycles. The Morgan fingerprint density at radius 2 is 2.19 bits per heavy atom. The van der Waals surface area contributed by atoms with Crippen LogP contribution in [0.25, 0.3) is 5.69 Å². The fraction of sp³-hybridized carbons (Fsp3) is 0.333. The van der Waals surface area contributed by atoms with Gasteiger partial charge in [-0.15, -0.1) is 0 Å². The molecule has 0 fully saturated rings. The zero-order valence-corrected chi connectivity index (χ0v) is 9.43. The Bertz CT molecular complexity index is 422. The number of aromatic nitrogens is 3.